The van der Waals surface area contributed by atoms with Gasteiger partial charge in [-0.1, -0.05) is 38.5 Å². The van der Waals surface area contributed by atoms with Crippen molar-refractivity contribution in [2.24, 2.45) is 0 Å². The van der Waals surface area contributed by atoms with Crippen LogP contribution in [0.2, 0.25) is 0 Å². The molecular weight excluding hydrogens is 1350 g/mol. The molecule has 8 heterocycles. The van der Waals surface area contributed by atoms with Gasteiger partial charge in [-0.15, -0.1) is 0 Å². The van der Waals surface area contributed by atoms with Gasteiger partial charge in [0, 0.05) is 52.0 Å². The van der Waals surface area contributed by atoms with Crippen LogP contribution in [-0.2, 0) is 95.1 Å². The molecule has 8 fully saturated rings. The number of carbonyl (C=O) groups is 6. The van der Waals surface area contributed by atoms with Gasteiger partial charge < -0.3 is 103 Å². The second-order valence-corrected chi connectivity index (χ2v) is 29.0. The minimum Gasteiger partial charge on any atom is -0.460 e. The number of esters is 3. The normalized spacial score (nSPS) is 33.1. The molecule has 29 heteroatoms. The quantitative estimate of drug-likeness (QED) is 0.0298. The Morgan fingerprint density at radius 2 is 0.876 bits per heavy atom. The van der Waals surface area contributed by atoms with E-state index in [1.165, 1.54) is 20.8 Å². The van der Waals surface area contributed by atoms with Crippen LogP contribution in [0.3, 0.4) is 0 Å². The number of fused-ring (bicyclic) bond motifs is 10. The van der Waals surface area contributed by atoms with Crippen LogP contribution in [-0.4, -0.2) is 231 Å². The summed E-state index contributed by atoms with van der Waals surface area (Å²) in [5, 5.41) is 47.5. The number of aliphatic hydroxyl groups excluding tert-OH is 4. The van der Waals surface area contributed by atoms with Crippen LogP contribution in [0.4, 0.5) is 0 Å². The van der Waals surface area contributed by atoms with E-state index in [4.69, 9.17) is 71.4 Å². The fraction of sp³-hybridized carbons (Fsp3) is 0.900. The van der Waals surface area contributed by atoms with E-state index in [9.17, 15) is 44.1 Å². The van der Waals surface area contributed by atoms with Crippen LogP contribution in [0.15, 0.2) is 0 Å². The molecule has 8 saturated heterocycles. The summed E-state index contributed by atoms with van der Waals surface area (Å²) in [6.45, 7) is 29.0. The minimum atomic E-state index is -1.30. The molecule has 0 aliphatic carbocycles. The summed E-state index contributed by atoms with van der Waals surface area (Å²) >= 11 is 5.62. The van der Waals surface area contributed by atoms with Gasteiger partial charge >= 0.3 is 17.9 Å². The average Bonchev–Trinajstić information content (AvgIpc) is 1.64. The number of hydrogen-bond donors (Lipinski definition) is 7. The Bertz CT molecular complexity index is 2270. The van der Waals surface area contributed by atoms with Crippen molar-refractivity contribution in [1.82, 2.24) is 16.0 Å². The van der Waals surface area contributed by atoms with Gasteiger partial charge in [-0.05, 0) is 133 Å². The van der Waals surface area contributed by atoms with Crippen LogP contribution in [0.5, 0.6) is 0 Å². The van der Waals surface area contributed by atoms with E-state index in [0.717, 1.165) is 41.9 Å². The average molecular weight is 1460 g/mol. The fourth-order valence-electron chi connectivity index (χ4n) is 10.7. The topological polar surface area (TPSA) is 349 Å². The van der Waals surface area contributed by atoms with E-state index in [2.05, 4.69) is 54.5 Å². The maximum atomic E-state index is 11.8. The molecule has 0 aromatic carbocycles. The third-order valence-electron chi connectivity index (χ3n) is 14.3. The largest absolute Gasteiger partial charge is 0.460 e. The maximum absolute atomic E-state index is 11.8. The van der Waals surface area contributed by atoms with Gasteiger partial charge in [0.25, 0.3) is 0 Å². The smallest absolute Gasteiger partial charge is 0.306 e. The first-order chi connectivity index (χ1) is 41.2. The molecule has 6 bridgehead atoms. The Hall–Kier alpha value is -2.57. The highest BCUT2D eigenvalue weighted by Gasteiger charge is 2.67. The third-order valence-corrected chi connectivity index (χ3v) is 15.7. The van der Waals surface area contributed by atoms with Gasteiger partial charge in [-0.3, -0.25) is 28.8 Å². The molecule has 0 unspecified atom stereocenters. The number of alkyl halides is 2. The first-order valence-corrected chi connectivity index (χ1v) is 33.2. The van der Waals surface area contributed by atoms with E-state index in [1.54, 1.807) is 13.8 Å². The molecule has 8 aliphatic heterocycles. The zero-order chi connectivity index (χ0) is 67.1. The summed E-state index contributed by atoms with van der Waals surface area (Å²) in [4.78, 5) is 67.9. The molecule has 89 heavy (non-hydrogen) atoms. The number of hydrogen-bond acceptors (Lipinski definition) is 24. The van der Waals surface area contributed by atoms with Gasteiger partial charge in [-0.2, -0.15) is 0 Å². The van der Waals surface area contributed by atoms with Gasteiger partial charge in [-0.25, -0.2) is 0 Å². The second-order valence-electron chi connectivity index (χ2n) is 27.1. The Kier molecular flexibility index (Phi) is 29.9. The molecule has 3 amide bonds. The molecule has 15 atom stereocenters. The van der Waals surface area contributed by atoms with E-state index < -0.39 is 108 Å². The van der Waals surface area contributed by atoms with Crippen molar-refractivity contribution in [3.8, 4) is 0 Å². The molecule has 0 aromatic heterocycles. The Morgan fingerprint density at radius 1 is 0.517 bits per heavy atom. The van der Waals surface area contributed by atoms with Crippen molar-refractivity contribution in [2.75, 3.05) is 56.0 Å². The Labute approximate surface area is 546 Å². The monoisotopic (exact) mass is 1460 g/mol. The maximum Gasteiger partial charge on any atom is 0.306 e. The second kappa shape index (κ2) is 33.7. The molecule has 8 rings (SSSR count). The van der Waals surface area contributed by atoms with Gasteiger partial charge in [0.1, 0.15) is 88.4 Å². The molecule has 0 spiro atoms. The van der Waals surface area contributed by atoms with Crippen molar-refractivity contribution in [1.29, 1.82) is 0 Å². The molecule has 7 N–H and O–H groups in total. The van der Waals surface area contributed by atoms with Crippen molar-refractivity contribution in [3.63, 3.8) is 0 Å². The van der Waals surface area contributed by atoms with Crippen LogP contribution >= 0.6 is 38.5 Å². The molecule has 27 nitrogen and oxygen atoms in total. The van der Waals surface area contributed by atoms with E-state index >= 15 is 0 Å². The number of aliphatic hydroxyl groups is 4. The number of ether oxygens (including phenoxy) is 14. The Morgan fingerprint density at radius 3 is 1.28 bits per heavy atom. The standard InChI is InChI=1S/C21H35NO8.C12H19NO6.C9H17BrO2.C9H17IO2.C9H15NO6/c1-13(23)22-15-16-17(29-20(5,6)28-16)21(12-26-18(15)30-21)11-25-10-8-7-9-14(24)27-19(2,3)4;1-6(15)13-7-8-9(18-11(2,3)17-8)12(4-14)5-16-10(7)19-12;2*1-9(2,3)12-8(11)6-4-5-7-10;1-4(12)10-5-6(13)7(14)9(2-11)3-15-8(5)16-9/h15-18H,7-12H2,1-6H3,(H,22,23);7-10,14H,4-5H2,1-3H3,(H,13,15);2*4-7H2,1-3H3;5-8,11,13-14H,2-3H2,1H3,(H,10,12)/t15-,16-,17-,18+,21+;7-,8-,9-,10+,12+;;;5-,6-,7-,8+,9+/m11..1/s1. The number of halogens is 2. The van der Waals surface area contributed by atoms with Crippen LogP contribution in [0.25, 0.3) is 0 Å². The summed E-state index contributed by atoms with van der Waals surface area (Å²) in [5.41, 5.74) is -4.11. The molecule has 0 radical (unpaired) electrons. The first kappa shape index (κ1) is 78.9. The SMILES string of the molecule is CC(=O)N[C@H]1[C@H]2OC[C@](CO)(O2)[C@@H]2OC(C)(C)O[C@H]12.CC(=O)N[C@H]1[C@H]2OC[C@](CO)(O2)[C@H](O)[C@@H]1O.CC(=O)N[C@H]1[C@H]2OC[C@](COCCCCC(=O)OC(C)(C)C)(O2)[C@@H]2OC(C)(C)O[C@H]12.CC(C)(C)OC(=O)CCCCBr.CC(C)(C)OC(=O)CCCCI. The lowest BCUT2D eigenvalue weighted by Crippen LogP contribution is -2.66. The van der Waals surface area contributed by atoms with Gasteiger partial charge in [0.2, 0.25) is 17.7 Å². The zero-order valence-corrected chi connectivity index (χ0v) is 58.6. The minimum absolute atomic E-state index is 0.0114. The van der Waals surface area contributed by atoms with Crippen molar-refractivity contribution >= 4 is 74.2 Å². The third kappa shape index (κ3) is 24.0. The lowest BCUT2D eigenvalue weighted by Gasteiger charge is -2.42. The summed E-state index contributed by atoms with van der Waals surface area (Å²) in [6.07, 6.45) is 0.567. The fourth-order valence-corrected chi connectivity index (χ4v) is 11.7. The van der Waals surface area contributed by atoms with Crippen LogP contribution in [0.1, 0.15) is 169 Å². The number of nitrogens with one attached hydrogen (secondary N) is 3. The van der Waals surface area contributed by atoms with Crippen molar-refractivity contribution < 1.29 is 116 Å². The summed E-state index contributed by atoms with van der Waals surface area (Å²) < 4.78 is 80.3. The number of rotatable bonds is 20. The summed E-state index contributed by atoms with van der Waals surface area (Å²) in [5.74, 6) is -2.66. The van der Waals surface area contributed by atoms with Gasteiger partial charge in [0.15, 0.2) is 30.4 Å². The van der Waals surface area contributed by atoms with Crippen molar-refractivity contribution in [2.45, 2.75) is 287 Å². The predicted molar refractivity (Wildman–Crippen MR) is 330 cm³/mol. The van der Waals surface area contributed by atoms with E-state index in [1.807, 2.05) is 76.2 Å². The lowest BCUT2D eigenvalue weighted by molar-refractivity contribution is -0.233. The number of unbranched alkanes of at least 4 members (excludes halogenated alkanes) is 3. The highest BCUT2D eigenvalue weighted by molar-refractivity contribution is 14.1. The highest BCUT2D eigenvalue weighted by atomic mass is 127. The number of carbonyl (C=O) groups excluding carboxylic acids is 6. The number of amides is 3. The van der Waals surface area contributed by atoms with Crippen molar-refractivity contribution in [3.05, 3.63) is 0 Å². The van der Waals surface area contributed by atoms with E-state index in [-0.39, 0.29) is 79.4 Å². The Balaban J connectivity index is 0.000000250. The molecule has 0 aromatic rings. The summed E-state index contributed by atoms with van der Waals surface area (Å²) in [6, 6.07) is -1.71. The van der Waals surface area contributed by atoms with Crippen LogP contribution < -0.4 is 16.0 Å². The predicted octanol–water partition coefficient (Wildman–Crippen LogP) is 3.95. The highest BCUT2D eigenvalue weighted by Crippen LogP contribution is 2.48. The first-order valence-electron chi connectivity index (χ1n) is 30.5. The zero-order valence-electron chi connectivity index (χ0n) is 54.9. The van der Waals surface area contributed by atoms with Gasteiger partial charge in [0.05, 0.1) is 39.6 Å². The molecule has 516 valence electrons. The molecular formula is C60H103BrIN3O24. The summed E-state index contributed by atoms with van der Waals surface area (Å²) in [7, 11) is 0. The van der Waals surface area contributed by atoms with Crippen LogP contribution in [0, 0.1) is 0 Å². The lowest BCUT2D eigenvalue weighted by atomic mass is 9.88. The molecule has 0 saturated carbocycles. The van der Waals surface area contributed by atoms with E-state index in [0.29, 0.717) is 38.9 Å². The molecule has 8 aliphatic rings.